The van der Waals surface area contributed by atoms with Crippen molar-refractivity contribution >= 4 is 11.0 Å². The molecule has 1 aromatic carbocycles. The Labute approximate surface area is 89.3 Å². The number of para-hydroxylation sites is 1. The van der Waals surface area contributed by atoms with Crippen molar-refractivity contribution in [3.63, 3.8) is 0 Å². The topological polar surface area (TPSA) is 25.2 Å². The van der Waals surface area contributed by atoms with Crippen LogP contribution in [0.1, 0.15) is 18.0 Å². The zero-order valence-electron chi connectivity index (χ0n) is 8.66. The van der Waals surface area contributed by atoms with Gasteiger partial charge in [-0.2, -0.15) is 0 Å². The fourth-order valence-corrected chi connectivity index (χ4v) is 1.75. The maximum absolute atomic E-state index is 5.47. The number of hydrogen-bond donors (Lipinski definition) is 1. The Morgan fingerprint density at radius 2 is 2.27 bits per heavy atom. The second kappa shape index (κ2) is 4.20. The molecule has 0 spiro atoms. The highest BCUT2D eigenvalue weighted by molar-refractivity contribution is 5.81. The van der Waals surface area contributed by atoms with Gasteiger partial charge < -0.3 is 9.73 Å². The van der Waals surface area contributed by atoms with E-state index in [-0.39, 0.29) is 6.04 Å². The highest BCUT2D eigenvalue weighted by Crippen LogP contribution is 2.27. The Balaban J connectivity index is 2.47. The third kappa shape index (κ3) is 1.74. The molecular formula is C13H13NO. The van der Waals surface area contributed by atoms with E-state index in [4.69, 9.17) is 10.8 Å². The third-order valence-electron chi connectivity index (χ3n) is 2.56. The molecule has 2 nitrogen and oxygen atoms in total. The molecule has 0 aliphatic rings. The minimum Gasteiger partial charge on any atom is -0.464 e. The molecule has 1 atom stereocenters. The molecule has 0 fully saturated rings. The first kappa shape index (κ1) is 9.82. The van der Waals surface area contributed by atoms with Gasteiger partial charge in [-0.3, -0.25) is 0 Å². The van der Waals surface area contributed by atoms with Crippen LogP contribution in [0.15, 0.2) is 34.9 Å². The van der Waals surface area contributed by atoms with Crippen LogP contribution >= 0.6 is 0 Å². The molecular weight excluding hydrogens is 186 g/mol. The summed E-state index contributed by atoms with van der Waals surface area (Å²) in [6.07, 6.45) is 7.78. The van der Waals surface area contributed by atoms with Crippen molar-refractivity contribution in [3.8, 4) is 12.3 Å². The normalized spacial score (nSPS) is 12.5. The largest absolute Gasteiger partial charge is 0.464 e. The SMILES string of the molecule is C#CCC(NC)c1coc2ccccc12. The number of fused-ring (bicyclic) bond motifs is 1. The molecule has 0 aliphatic carbocycles. The van der Waals surface area contributed by atoms with E-state index in [0.717, 1.165) is 16.5 Å². The Kier molecular flexibility index (Phi) is 2.75. The summed E-state index contributed by atoms with van der Waals surface area (Å²) in [5, 5.41) is 4.33. The maximum atomic E-state index is 5.47. The molecule has 1 unspecified atom stereocenters. The molecule has 1 heterocycles. The lowest BCUT2D eigenvalue weighted by molar-refractivity contribution is 0.573. The zero-order chi connectivity index (χ0) is 10.7. The lowest BCUT2D eigenvalue weighted by atomic mass is 10.0. The van der Waals surface area contributed by atoms with Crippen molar-refractivity contribution in [1.29, 1.82) is 0 Å². The van der Waals surface area contributed by atoms with E-state index in [0.29, 0.717) is 6.42 Å². The Morgan fingerprint density at radius 1 is 1.47 bits per heavy atom. The zero-order valence-corrected chi connectivity index (χ0v) is 8.66. The van der Waals surface area contributed by atoms with Gasteiger partial charge in [0.1, 0.15) is 5.58 Å². The summed E-state index contributed by atoms with van der Waals surface area (Å²) in [6.45, 7) is 0. The van der Waals surface area contributed by atoms with E-state index in [2.05, 4.69) is 17.3 Å². The Morgan fingerprint density at radius 3 is 3.00 bits per heavy atom. The summed E-state index contributed by atoms with van der Waals surface area (Å²) >= 11 is 0. The van der Waals surface area contributed by atoms with Gasteiger partial charge in [-0.15, -0.1) is 12.3 Å². The summed E-state index contributed by atoms with van der Waals surface area (Å²) < 4.78 is 5.47. The first-order valence-electron chi connectivity index (χ1n) is 4.93. The molecule has 0 radical (unpaired) electrons. The van der Waals surface area contributed by atoms with E-state index >= 15 is 0 Å². The van der Waals surface area contributed by atoms with Gasteiger partial charge in [-0.1, -0.05) is 18.2 Å². The molecule has 1 aromatic heterocycles. The molecule has 0 bridgehead atoms. The quantitative estimate of drug-likeness (QED) is 0.769. The highest BCUT2D eigenvalue weighted by atomic mass is 16.3. The predicted molar refractivity (Wildman–Crippen MR) is 61.5 cm³/mol. The van der Waals surface area contributed by atoms with Crippen LogP contribution in [0.5, 0.6) is 0 Å². The molecule has 15 heavy (non-hydrogen) atoms. The molecule has 1 N–H and O–H groups in total. The standard InChI is InChI=1S/C13H13NO/c1-3-6-12(14-2)11-9-15-13-8-5-4-7-10(11)13/h1,4-5,7-9,12,14H,6H2,2H3. The van der Waals surface area contributed by atoms with Crippen molar-refractivity contribution in [2.75, 3.05) is 7.05 Å². The van der Waals surface area contributed by atoms with Gasteiger partial charge in [-0.25, -0.2) is 0 Å². The van der Waals surface area contributed by atoms with E-state index in [1.807, 2.05) is 25.2 Å². The number of benzene rings is 1. The fourth-order valence-electron chi connectivity index (χ4n) is 1.75. The van der Waals surface area contributed by atoms with Crippen LogP contribution in [0.2, 0.25) is 0 Å². The van der Waals surface area contributed by atoms with E-state index < -0.39 is 0 Å². The minimum atomic E-state index is 0.165. The van der Waals surface area contributed by atoms with Gasteiger partial charge in [-0.05, 0) is 13.1 Å². The van der Waals surface area contributed by atoms with E-state index in [9.17, 15) is 0 Å². The summed E-state index contributed by atoms with van der Waals surface area (Å²) in [5.74, 6) is 2.67. The molecule has 76 valence electrons. The second-order valence-corrected chi connectivity index (χ2v) is 3.44. The van der Waals surface area contributed by atoms with Gasteiger partial charge >= 0.3 is 0 Å². The Hall–Kier alpha value is -1.72. The molecule has 0 aliphatic heterocycles. The van der Waals surface area contributed by atoms with Crippen molar-refractivity contribution < 1.29 is 4.42 Å². The summed E-state index contributed by atoms with van der Waals surface area (Å²) in [6, 6.07) is 8.14. The maximum Gasteiger partial charge on any atom is 0.134 e. The van der Waals surface area contributed by atoms with Crippen LogP contribution in [-0.4, -0.2) is 7.05 Å². The van der Waals surface area contributed by atoms with Crippen molar-refractivity contribution in [3.05, 3.63) is 36.1 Å². The number of rotatable bonds is 3. The fraction of sp³-hybridized carbons (Fsp3) is 0.231. The minimum absolute atomic E-state index is 0.165. The second-order valence-electron chi connectivity index (χ2n) is 3.44. The lowest BCUT2D eigenvalue weighted by Crippen LogP contribution is -2.15. The number of terminal acetylenes is 1. The van der Waals surface area contributed by atoms with Gasteiger partial charge in [0.25, 0.3) is 0 Å². The average Bonchev–Trinajstić information content (AvgIpc) is 2.70. The first-order valence-corrected chi connectivity index (χ1v) is 4.93. The third-order valence-corrected chi connectivity index (χ3v) is 2.56. The number of furan rings is 1. The van der Waals surface area contributed by atoms with Crippen LogP contribution in [0, 0.1) is 12.3 Å². The smallest absolute Gasteiger partial charge is 0.134 e. The molecule has 2 rings (SSSR count). The Bertz CT molecular complexity index is 492. The van der Waals surface area contributed by atoms with Crippen LogP contribution in [0.3, 0.4) is 0 Å². The molecule has 0 amide bonds. The van der Waals surface area contributed by atoms with Crippen LogP contribution < -0.4 is 5.32 Å². The van der Waals surface area contributed by atoms with E-state index in [1.54, 1.807) is 6.26 Å². The van der Waals surface area contributed by atoms with Crippen molar-refractivity contribution in [2.24, 2.45) is 0 Å². The van der Waals surface area contributed by atoms with Gasteiger partial charge in [0.2, 0.25) is 0 Å². The summed E-state index contributed by atoms with van der Waals surface area (Å²) in [7, 11) is 1.91. The lowest BCUT2D eigenvalue weighted by Gasteiger charge is -2.10. The highest BCUT2D eigenvalue weighted by Gasteiger charge is 2.13. The average molecular weight is 199 g/mol. The molecule has 0 saturated carbocycles. The van der Waals surface area contributed by atoms with Crippen LogP contribution in [-0.2, 0) is 0 Å². The number of nitrogens with one attached hydrogen (secondary N) is 1. The van der Waals surface area contributed by atoms with Gasteiger partial charge in [0.05, 0.1) is 6.26 Å². The molecule has 2 aromatic rings. The number of hydrogen-bond acceptors (Lipinski definition) is 2. The van der Waals surface area contributed by atoms with Crippen LogP contribution in [0.4, 0.5) is 0 Å². The van der Waals surface area contributed by atoms with E-state index in [1.165, 1.54) is 0 Å². The summed E-state index contributed by atoms with van der Waals surface area (Å²) in [4.78, 5) is 0. The van der Waals surface area contributed by atoms with Gasteiger partial charge in [0, 0.05) is 23.4 Å². The van der Waals surface area contributed by atoms with Crippen molar-refractivity contribution in [1.82, 2.24) is 5.32 Å². The monoisotopic (exact) mass is 199 g/mol. The van der Waals surface area contributed by atoms with Gasteiger partial charge in [0.15, 0.2) is 0 Å². The van der Waals surface area contributed by atoms with Crippen LogP contribution in [0.25, 0.3) is 11.0 Å². The predicted octanol–water partition coefficient (Wildman–Crippen LogP) is 2.72. The first-order chi connectivity index (χ1) is 7.36. The molecule has 2 heteroatoms. The summed E-state index contributed by atoms with van der Waals surface area (Å²) in [5.41, 5.74) is 2.04. The van der Waals surface area contributed by atoms with Crippen molar-refractivity contribution in [2.45, 2.75) is 12.5 Å². The molecule has 0 saturated heterocycles.